The van der Waals surface area contributed by atoms with E-state index in [2.05, 4.69) is 15.5 Å². The Balaban J connectivity index is 1.76. The standard InChI is InChI=1S/C14H18N4O/c1-15-7-10-4-5-18(9-10)14(19)11-2-3-12-8-16-17-13(12)6-11/h2-3,6,8,10,15H,4-5,7,9H2,1H3,(H,16,17). The van der Waals surface area contributed by atoms with Gasteiger partial charge in [-0.2, -0.15) is 5.10 Å². The highest BCUT2D eigenvalue weighted by molar-refractivity contribution is 5.97. The molecule has 5 heteroatoms. The first-order valence-electron chi connectivity index (χ1n) is 6.65. The molecule has 1 aromatic carbocycles. The lowest BCUT2D eigenvalue weighted by atomic mass is 10.1. The lowest BCUT2D eigenvalue weighted by Crippen LogP contribution is -2.30. The van der Waals surface area contributed by atoms with Crippen LogP contribution >= 0.6 is 0 Å². The van der Waals surface area contributed by atoms with Crippen molar-refractivity contribution < 1.29 is 4.79 Å². The first kappa shape index (κ1) is 12.2. The molecule has 100 valence electrons. The first-order chi connectivity index (χ1) is 9.28. The van der Waals surface area contributed by atoms with Gasteiger partial charge >= 0.3 is 0 Å². The lowest BCUT2D eigenvalue weighted by molar-refractivity contribution is 0.0787. The van der Waals surface area contributed by atoms with E-state index in [0.29, 0.717) is 5.92 Å². The molecule has 1 aromatic heterocycles. The predicted molar refractivity (Wildman–Crippen MR) is 74.0 cm³/mol. The number of hydrogen-bond donors (Lipinski definition) is 2. The summed E-state index contributed by atoms with van der Waals surface area (Å²) in [7, 11) is 1.96. The van der Waals surface area contributed by atoms with Gasteiger partial charge in [0, 0.05) is 24.0 Å². The van der Waals surface area contributed by atoms with Crippen LogP contribution in [0.15, 0.2) is 24.4 Å². The van der Waals surface area contributed by atoms with Gasteiger partial charge in [-0.05, 0) is 38.1 Å². The van der Waals surface area contributed by atoms with Crippen molar-refractivity contribution in [3.05, 3.63) is 30.0 Å². The molecule has 0 spiro atoms. The van der Waals surface area contributed by atoms with E-state index < -0.39 is 0 Å². The number of carbonyl (C=O) groups excluding carboxylic acids is 1. The molecule has 1 fully saturated rings. The fourth-order valence-corrected chi connectivity index (χ4v) is 2.73. The Bertz CT molecular complexity index is 592. The number of carbonyl (C=O) groups is 1. The average molecular weight is 258 g/mol. The highest BCUT2D eigenvalue weighted by Crippen LogP contribution is 2.20. The monoisotopic (exact) mass is 258 g/mol. The molecule has 2 heterocycles. The molecule has 1 aliphatic rings. The Morgan fingerprint density at radius 2 is 2.47 bits per heavy atom. The van der Waals surface area contributed by atoms with Crippen molar-refractivity contribution in [1.29, 1.82) is 0 Å². The Kier molecular flexibility index (Phi) is 3.21. The zero-order valence-electron chi connectivity index (χ0n) is 11.0. The number of benzene rings is 1. The van der Waals surface area contributed by atoms with Crippen molar-refractivity contribution in [2.45, 2.75) is 6.42 Å². The predicted octanol–water partition coefficient (Wildman–Crippen LogP) is 1.24. The quantitative estimate of drug-likeness (QED) is 0.871. The summed E-state index contributed by atoms with van der Waals surface area (Å²) in [5.74, 6) is 0.694. The van der Waals surface area contributed by atoms with Gasteiger partial charge in [0.25, 0.3) is 5.91 Å². The molecule has 3 rings (SSSR count). The van der Waals surface area contributed by atoms with Crippen molar-refractivity contribution in [1.82, 2.24) is 20.4 Å². The number of aromatic amines is 1. The van der Waals surface area contributed by atoms with E-state index in [1.807, 2.05) is 30.1 Å². The van der Waals surface area contributed by atoms with Crippen LogP contribution in [0, 0.1) is 5.92 Å². The summed E-state index contributed by atoms with van der Waals surface area (Å²) in [6.07, 6.45) is 2.85. The Hall–Kier alpha value is -1.88. The number of H-pyrrole nitrogens is 1. The molecule has 19 heavy (non-hydrogen) atoms. The van der Waals surface area contributed by atoms with Gasteiger partial charge in [-0.1, -0.05) is 6.07 Å². The number of aromatic nitrogens is 2. The van der Waals surface area contributed by atoms with Crippen molar-refractivity contribution >= 4 is 16.8 Å². The normalized spacial score (nSPS) is 19.2. The largest absolute Gasteiger partial charge is 0.338 e. The average Bonchev–Trinajstić information content (AvgIpc) is 3.05. The number of likely N-dealkylation sites (tertiary alicyclic amines) is 1. The molecule has 0 radical (unpaired) electrons. The van der Waals surface area contributed by atoms with Crippen molar-refractivity contribution in [2.24, 2.45) is 5.92 Å². The second-order valence-electron chi connectivity index (χ2n) is 5.14. The maximum atomic E-state index is 12.4. The number of rotatable bonds is 3. The third-order valence-electron chi connectivity index (χ3n) is 3.75. The van der Waals surface area contributed by atoms with Gasteiger partial charge in [-0.25, -0.2) is 0 Å². The molecule has 2 N–H and O–H groups in total. The zero-order chi connectivity index (χ0) is 13.2. The van der Waals surface area contributed by atoms with E-state index in [1.54, 1.807) is 6.20 Å². The number of fused-ring (bicyclic) bond motifs is 1. The third-order valence-corrected chi connectivity index (χ3v) is 3.75. The van der Waals surface area contributed by atoms with Crippen LogP contribution in [0.5, 0.6) is 0 Å². The molecular weight excluding hydrogens is 240 g/mol. The maximum absolute atomic E-state index is 12.4. The van der Waals surface area contributed by atoms with Gasteiger partial charge in [0.15, 0.2) is 0 Å². The molecule has 0 aliphatic carbocycles. The summed E-state index contributed by atoms with van der Waals surface area (Å²) >= 11 is 0. The summed E-state index contributed by atoms with van der Waals surface area (Å²) in [6, 6.07) is 5.70. The Labute approximate surface area is 112 Å². The van der Waals surface area contributed by atoms with Gasteiger partial charge in [-0.15, -0.1) is 0 Å². The van der Waals surface area contributed by atoms with Crippen LogP contribution in [0.4, 0.5) is 0 Å². The second-order valence-corrected chi connectivity index (χ2v) is 5.14. The fraction of sp³-hybridized carbons (Fsp3) is 0.429. The number of hydrogen-bond acceptors (Lipinski definition) is 3. The second kappa shape index (κ2) is 5.01. The minimum absolute atomic E-state index is 0.120. The summed E-state index contributed by atoms with van der Waals surface area (Å²) in [4.78, 5) is 14.4. The molecule has 2 aromatic rings. The zero-order valence-corrected chi connectivity index (χ0v) is 11.0. The van der Waals surface area contributed by atoms with Crippen LogP contribution in [0.2, 0.25) is 0 Å². The van der Waals surface area contributed by atoms with Crippen molar-refractivity contribution in [3.63, 3.8) is 0 Å². The van der Waals surface area contributed by atoms with E-state index in [9.17, 15) is 4.79 Å². The van der Waals surface area contributed by atoms with Crippen LogP contribution < -0.4 is 5.32 Å². The third kappa shape index (κ3) is 2.33. The minimum Gasteiger partial charge on any atom is -0.338 e. The molecule has 0 bridgehead atoms. The van der Waals surface area contributed by atoms with Crippen LogP contribution in [0.1, 0.15) is 16.8 Å². The smallest absolute Gasteiger partial charge is 0.253 e. The number of nitrogens with zero attached hydrogens (tertiary/aromatic N) is 2. The fourth-order valence-electron chi connectivity index (χ4n) is 2.73. The first-order valence-corrected chi connectivity index (χ1v) is 6.65. The maximum Gasteiger partial charge on any atom is 0.253 e. The minimum atomic E-state index is 0.120. The molecule has 1 atom stereocenters. The van der Waals surface area contributed by atoms with Crippen LogP contribution in [0.3, 0.4) is 0 Å². The van der Waals surface area contributed by atoms with Gasteiger partial charge in [0.1, 0.15) is 0 Å². The van der Waals surface area contributed by atoms with Crippen LogP contribution in [-0.4, -0.2) is 47.7 Å². The van der Waals surface area contributed by atoms with Gasteiger partial charge in [0.2, 0.25) is 0 Å². The van der Waals surface area contributed by atoms with E-state index in [-0.39, 0.29) is 5.91 Å². The number of amides is 1. The van der Waals surface area contributed by atoms with E-state index in [0.717, 1.165) is 42.5 Å². The molecule has 1 amide bonds. The summed E-state index contributed by atoms with van der Waals surface area (Å²) in [6.45, 7) is 2.68. The van der Waals surface area contributed by atoms with E-state index >= 15 is 0 Å². The topological polar surface area (TPSA) is 61.0 Å². The molecule has 5 nitrogen and oxygen atoms in total. The molecule has 0 saturated carbocycles. The van der Waals surface area contributed by atoms with Crippen molar-refractivity contribution in [3.8, 4) is 0 Å². The summed E-state index contributed by atoms with van der Waals surface area (Å²) in [5.41, 5.74) is 1.65. The van der Waals surface area contributed by atoms with Gasteiger partial charge < -0.3 is 10.2 Å². The van der Waals surface area contributed by atoms with E-state index in [4.69, 9.17) is 0 Å². The summed E-state index contributed by atoms with van der Waals surface area (Å²) in [5, 5.41) is 11.1. The molecule has 1 unspecified atom stereocenters. The van der Waals surface area contributed by atoms with Crippen LogP contribution in [-0.2, 0) is 0 Å². The molecule has 1 saturated heterocycles. The highest BCUT2D eigenvalue weighted by atomic mass is 16.2. The number of nitrogens with one attached hydrogen (secondary N) is 2. The Morgan fingerprint density at radius 3 is 3.32 bits per heavy atom. The van der Waals surface area contributed by atoms with Crippen LogP contribution in [0.25, 0.3) is 10.9 Å². The van der Waals surface area contributed by atoms with Gasteiger partial charge in [0.05, 0.1) is 11.7 Å². The van der Waals surface area contributed by atoms with E-state index in [1.165, 1.54) is 0 Å². The Morgan fingerprint density at radius 1 is 1.58 bits per heavy atom. The highest BCUT2D eigenvalue weighted by Gasteiger charge is 2.26. The van der Waals surface area contributed by atoms with Crippen molar-refractivity contribution in [2.75, 3.05) is 26.7 Å². The SMILES string of the molecule is CNCC1CCN(C(=O)c2ccc3cn[nH]c3c2)C1. The summed E-state index contributed by atoms with van der Waals surface area (Å²) < 4.78 is 0. The lowest BCUT2D eigenvalue weighted by Gasteiger charge is -2.16. The molecular formula is C14H18N4O. The van der Waals surface area contributed by atoms with Gasteiger partial charge in [-0.3, -0.25) is 9.89 Å². The molecule has 1 aliphatic heterocycles.